The fourth-order valence-electron chi connectivity index (χ4n) is 3.18. The first kappa shape index (κ1) is 22.2. The lowest BCUT2D eigenvalue weighted by Crippen LogP contribution is -2.50. The monoisotopic (exact) mass is 440 g/mol. The van der Waals surface area contributed by atoms with Gasteiger partial charge in [0.1, 0.15) is 5.60 Å². The van der Waals surface area contributed by atoms with Crippen LogP contribution in [0.5, 0.6) is 0 Å². The molecule has 0 aromatic heterocycles. The Morgan fingerprint density at radius 2 is 1.86 bits per heavy atom. The number of nitrogens with zero attached hydrogens (tertiary/aromatic N) is 1. The molecule has 2 aromatic rings. The minimum absolute atomic E-state index is 0.0461. The van der Waals surface area contributed by atoms with E-state index in [1.54, 1.807) is 24.3 Å². The Labute approximate surface area is 175 Å². The van der Waals surface area contributed by atoms with Gasteiger partial charge in [-0.15, -0.1) is 0 Å². The molecule has 2 atom stereocenters. The van der Waals surface area contributed by atoms with Crippen LogP contribution in [0.15, 0.2) is 59.5 Å². The minimum Gasteiger partial charge on any atom is -0.389 e. The lowest BCUT2D eigenvalue weighted by Gasteiger charge is -2.26. The van der Waals surface area contributed by atoms with E-state index in [2.05, 4.69) is 5.32 Å². The second-order valence-corrected chi connectivity index (χ2v) is 9.40. The molecular formula is C20H25ClN2O5S. The summed E-state index contributed by atoms with van der Waals surface area (Å²) in [5.41, 5.74) is -0.675. The quantitative estimate of drug-likeness (QED) is 0.507. The van der Waals surface area contributed by atoms with Crippen molar-refractivity contribution in [2.24, 2.45) is 0 Å². The van der Waals surface area contributed by atoms with Crippen LogP contribution in [0.25, 0.3) is 0 Å². The first-order valence-corrected chi connectivity index (χ1v) is 11.1. The molecule has 0 bridgehead atoms. The van der Waals surface area contributed by atoms with E-state index >= 15 is 0 Å². The van der Waals surface area contributed by atoms with Gasteiger partial charge in [-0.2, -0.15) is 4.31 Å². The van der Waals surface area contributed by atoms with Gasteiger partial charge < -0.3 is 20.3 Å². The van der Waals surface area contributed by atoms with Crippen molar-refractivity contribution in [3.8, 4) is 0 Å². The predicted octanol–water partition coefficient (Wildman–Crippen LogP) is 1.24. The molecule has 1 aliphatic heterocycles. The van der Waals surface area contributed by atoms with Gasteiger partial charge in [-0.3, -0.25) is 0 Å². The number of sulfonamides is 1. The molecule has 2 aromatic carbocycles. The van der Waals surface area contributed by atoms with Crippen molar-refractivity contribution in [3.63, 3.8) is 0 Å². The normalized spacial score (nSPS) is 22.8. The summed E-state index contributed by atoms with van der Waals surface area (Å²) in [6, 6.07) is 15.4. The van der Waals surface area contributed by atoms with E-state index in [4.69, 9.17) is 16.3 Å². The van der Waals surface area contributed by atoms with E-state index < -0.39 is 21.7 Å². The summed E-state index contributed by atoms with van der Waals surface area (Å²) in [6.07, 6.45) is -1.18. The highest BCUT2D eigenvalue weighted by atomic mass is 35.5. The van der Waals surface area contributed by atoms with Gasteiger partial charge in [-0.1, -0.05) is 48.0 Å². The van der Waals surface area contributed by atoms with Crippen molar-refractivity contribution in [3.05, 3.63) is 65.2 Å². The largest absolute Gasteiger partial charge is 0.389 e. The molecule has 158 valence electrons. The van der Waals surface area contributed by atoms with Crippen LogP contribution in [0, 0.1) is 0 Å². The molecule has 1 fully saturated rings. The maximum absolute atomic E-state index is 12.7. The Bertz CT molecular complexity index is 912. The number of hydrogen-bond donors (Lipinski definition) is 3. The van der Waals surface area contributed by atoms with Gasteiger partial charge in [-0.25, -0.2) is 8.42 Å². The summed E-state index contributed by atoms with van der Waals surface area (Å²) in [6.45, 7) is 0.896. The first-order valence-electron chi connectivity index (χ1n) is 9.30. The van der Waals surface area contributed by atoms with E-state index in [1.165, 1.54) is 12.1 Å². The molecule has 7 nitrogen and oxygen atoms in total. The van der Waals surface area contributed by atoms with Gasteiger partial charge in [0.15, 0.2) is 0 Å². The molecule has 1 aliphatic rings. The number of halogens is 1. The smallest absolute Gasteiger partial charge is 0.243 e. The van der Waals surface area contributed by atoms with Gasteiger partial charge >= 0.3 is 0 Å². The highest BCUT2D eigenvalue weighted by molar-refractivity contribution is 7.89. The molecule has 29 heavy (non-hydrogen) atoms. The Kier molecular flexibility index (Phi) is 7.28. The molecule has 3 N–H and O–H groups in total. The van der Waals surface area contributed by atoms with Gasteiger partial charge in [0, 0.05) is 31.2 Å². The summed E-state index contributed by atoms with van der Waals surface area (Å²) in [5, 5.41) is 24.7. The number of hydrogen-bond acceptors (Lipinski definition) is 6. The van der Waals surface area contributed by atoms with Gasteiger partial charge in [0.2, 0.25) is 10.0 Å². The zero-order valence-electron chi connectivity index (χ0n) is 15.9. The Morgan fingerprint density at radius 1 is 1.17 bits per heavy atom. The minimum atomic E-state index is -3.77. The topological polar surface area (TPSA) is 99.1 Å². The van der Waals surface area contributed by atoms with Crippen LogP contribution in [-0.4, -0.2) is 67.4 Å². The summed E-state index contributed by atoms with van der Waals surface area (Å²) in [5.74, 6) is 0. The lowest BCUT2D eigenvalue weighted by atomic mass is 10.0. The van der Waals surface area contributed by atoms with Crippen LogP contribution in [0.3, 0.4) is 0 Å². The molecule has 1 saturated heterocycles. The van der Waals surface area contributed by atoms with Crippen LogP contribution in [0.2, 0.25) is 5.02 Å². The van der Waals surface area contributed by atoms with Crippen molar-refractivity contribution < 1.29 is 23.4 Å². The number of ether oxygens (including phenoxy) is 1. The van der Waals surface area contributed by atoms with Crippen LogP contribution < -0.4 is 5.32 Å². The third-order valence-corrected chi connectivity index (χ3v) is 7.09. The van der Waals surface area contributed by atoms with Gasteiger partial charge in [0.25, 0.3) is 0 Å². The summed E-state index contributed by atoms with van der Waals surface area (Å²) >= 11 is 6.07. The summed E-state index contributed by atoms with van der Waals surface area (Å²) < 4.78 is 32.1. The van der Waals surface area contributed by atoms with Crippen molar-refractivity contribution in [1.29, 1.82) is 0 Å². The van der Waals surface area contributed by atoms with Crippen LogP contribution in [-0.2, 0) is 21.4 Å². The molecular weight excluding hydrogens is 416 g/mol. The molecule has 1 heterocycles. The Morgan fingerprint density at radius 3 is 2.59 bits per heavy atom. The molecule has 0 saturated carbocycles. The summed E-state index contributed by atoms with van der Waals surface area (Å²) in [7, 11) is -3.77. The number of aliphatic hydroxyl groups excluding tert-OH is 1. The number of benzene rings is 2. The van der Waals surface area contributed by atoms with E-state index in [1.807, 2.05) is 18.2 Å². The molecule has 3 rings (SSSR count). The Hall–Kier alpha value is -1.52. The Balaban J connectivity index is 1.46. The third-order valence-electron chi connectivity index (χ3n) is 4.90. The highest BCUT2D eigenvalue weighted by Gasteiger charge is 2.48. The predicted molar refractivity (Wildman–Crippen MR) is 110 cm³/mol. The van der Waals surface area contributed by atoms with Gasteiger partial charge in [0.05, 0.1) is 24.2 Å². The maximum Gasteiger partial charge on any atom is 0.243 e. The van der Waals surface area contributed by atoms with E-state index in [9.17, 15) is 18.6 Å². The van der Waals surface area contributed by atoms with Crippen LogP contribution in [0.4, 0.5) is 0 Å². The second-order valence-electron chi connectivity index (χ2n) is 7.05. The number of aliphatic hydroxyl groups is 2. The molecule has 0 aliphatic carbocycles. The van der Waals surface area contributed by atoms with Crippen molar-refractivity contribution in [1.82, 2.24) is 9.62 Å². The van der Waals surface area contributed by atoms with Crippen molar-refractivity contribution in [2.75, 3.05) is 32.8 Å². The summed E-state index contributed by atoms with van der Waals surface area (Å²) in [4.78, 5) is 0.136. The van der Waals surface area contributed by atoms with Crippen molar-refractivity contribution >= 4 is 21.6 Å². The standard InChI is InChI=1S/C20H25ClN2O5S/c21-18-9-5-4-6-16(18)13-28-11-10-22-14-20(25)15-23(12-19(20)24)29(26,27)17-7-2-1-3-8-17/h1-9,19,22,24-25H,10-15H2/t19-,20+/m1/s1. The third kappa shape index (κ3) is 5.35. The average molecular weight is 441 g/mol. The molecule has 0 radical (unpaired) electrons. The number of β-amino-alcohol motifs (C(OH)–C–C–N with tert-alkyl or cyclic N) is 2. The fraction of sp³-hybridized carbons (Fsp3) is 0.400. The second kappa shape index (κ2) is 9.53. The maximum atomic E-state index is 12.7. The van der Waals surface area contributed by atoms with E-state index in [0.29, 0.717) is 24.8 Å². The molecule has 0 unspecified atom stereocenters. The molecule has 9 heteroatoms. The molecule has 0 spiro atoms. The SMILES string of the molecule is O=S(=O)(c1ccccc1)N1C[C@@H](O)[C@](O)(CNCCOCc2ccccc2Cl)C1. The van der Waals surface area contributed by atoms with E-state index in [0.717, 1.165) is 9.87 Å². The van der Waals surface area contributed by atoms with Gasteiger partial charge in [-0.05, 0) is 23.8 Å². The average Bonchev–Trinajstić information content (AvgIpc) is 3.02. The zero-order chi connectivity index (χ0) is 20.9. The van der Waals surface area contributed by atoms with Crippen LogP contribution >= 0.6 is 11.6 Å². The first-order chi connectivity index (χ1) is 13.8. The van der Waals surface area contributed by atoms with Crippen molar-refractivity contribution in [2.45, 2.75) is 23.2 Å². The highest BCUT2D eigenvalue weighted by Crippen LogP contribution is 2.27. The fourth-order valence-corrected chi connectivity index (χ4v) is 4.90. The zero-order valence-corrected chi connectivity index (χ0v) is 17.4. The lowest BCUT2D eigenvalue weighted by molar-refractivity contribution is -0.0390. The number of rotatable bonds is 9. The van der Waals surface area contributed by atoms with Crippen LogP contribution in [0.1, 0.15) is 5.56 Å². The number of nitrogens with one attached hydrogen (secondary N) is 1. The molecule has 0 amide bonds. The van der Waals surface area contributed by atoms with E-state index in [-0.39, 0.29) is 24.5 Å².